The third-order valence-corrected chi connectivity index (χ3v) is 7.28. The number of nitrogens with one attached hydrogen (secondary N) is 1. The summed E-state index contributed by atoms with van der Waals surface area (Å²) in [5.41, 5.74) is 1.83. The van der Waals surface area contributed by atoms with E-state index in [2.05, 4.69) is 33.1 Å². The lowest BCUT2D eigenvalue weighted by Gasteiger charge is -2.09. The van der Waals surface area contributed by atoms with Gasteiger partial charge >= 0.3 is 0 Å². The fourth-order valence-electron chi connectivity index (χ4n) is 3.54. The summed E-state index contributed by atoms with van der Waals surface area (Å²) in [6.07, 6.45) is 7.08. The number of rotatable bonds is 7. The molecule has 0 bridgehead atoms. The Morgan fingerprint density at radius 3 is 2.93 bits per heavy atom. The molecule has 0 aliphatic heterocycles. The second-order valence-corrected chi connectivity index (χ2v) is 9.20. The summed E-state index contributed by atoms with van der Waals surface area (Å²) < 4.78 is 2.17. The van der Waals surface area contributed by atoms with Crippen molar-refractivity contribution < 1.29 is 4.79 Å². The maximum absolute atomic E-state index is 12.4. The van der Waals surface area contributed by atoms with Gasteiger partial charge in [0.1, 0.15) is 16.9 Å². The van der Waals surface area contributed by atoms with E-state index in [9.17, 15) is 10.1 Å². The van der Waals surface area contributed by atoms with Gasteiger partial charge in [-0.05, 0) is 51.0 Å². The number of aromatic nitrogens is 3. The summed E-state index contributed by atoms with van der Waals surface area (Å²) in [7, 11) is 0. The molecule has 1 N–H and O–H groups in total. The predicted molar refractivity (Wildman–Crippen MR) is 107 cm³/mol. The van der Waals surface area contributed by atoms with Gasteiger partial charge in [0.2, 0.25) is 5.91 Å². The smallest absolute Gasteiger partial charge is 0.225 e. The summed E-state index contributed by atoms with van der Waals surface area (Å²) in [5, 5.41) is 22.7. The van der Waals surface area contributed by atoms with Crippen molar-refractivity contribution in [2.75, 3.05) is 11.1 Å². The summed E-state index contributed by atoms with van der Waals surface area (Å²) in [6, 6.07) is 2.29. The highest BCUT2D eigenvalue weighted by Crippen LogP contribution is 2.40. The Labute approximate surface area is 167 Å². The van der Waals surface area contributed by atoms with Gasteiger partial charge in [-0.15, -0.1) is 21.5 Å². The van der Waals surface area contributed by atoms with E-state index in [1.165, 1.54) is 24.1 Å². The third kappa shape index (κ3) is 3.90. The summed E-state index contributed by atoms with van der Waals surface area (Å²) >= 11 is 3.16. The molecule has 0 atom stereocenters. The molecule has 2 aliphatic carbocycles. The monoisotopic (exact) mass is 401 g/mol. The Hall–Kier alpha value is -1.85. The van der Waals surface area contributed by atoms with Gasteiger partial charge < -0.3 is 9.88 Å². The third-order valence-electron chi connectivity index (χ3n) is 5.10. The van der Waals surface area contributed by atoms with Crippen LogP contribution >= 0.6 is 23.1 Å². The largest absolute Gasteiger partial charge is 0.317 e. The molecule has 4 rings (SSSR count). The number of hydrogen-bond acceptors (Lipinski definition) is 6. The molecule has 0 radical (unpaired) electrons. The Bertz CT molecular complexity index is 891. The van der Waals surface area contributed by atoms with E-state index >= 15 is 0 Å². The molecule has 1 amide bonds. The number of anilines is 1. The van der Waals surface area contributed by atoms with Crippen molar-refractivity contribution >= 4 is 34.0 Å². The highest BCUT2D eigenvalue weighted by molar-refractivity contribution is 7.99. The maximum Gasteiger partial charge on any atom is 0.225 e. The number of nitriles is 1. The molecule has 0 aromatic carbocycles. The fourth-order valence-corrected chi connectivity index (χ4v) is 5.75. The lowest BCUT2D eigenvalue weighted by molar-refractivity contribution is -0.115. The number of aryl methyl sites for hydroxylation is 1. The number of amides is 1. The van der Waals surface area contributed by atoms with Crippen LogP contribution < -0.4 is 5.32 Å². The minimum atomic E-state index is -0.0393. The summed E-state index contributed by atoms with van der Waals surface area (Å²) in [6.45, 7) is 2.97. The highest BCUT2D eigenvalue weighted by Gasteiger charge is 2.30. The molecule has 0 saturated heterocycles. The zero-order valence-corrected chi connectivity index (χ0v) is 17.1. The zero-order valence-electron chi connectivity index (χ0n) is 15.5. The van der Waals surface area contributed by atoms with E-state index in [-0.39, 0.29) is 5.91 Å². The number of fused-ring (bicyclic) bond motifs is 1. The number of hydrogen-bond donors (Lipinski definition) is 1. The number of nitrogens with zero attached hydrogens (tertiary/aromatic N) is 4. The van der Waals surface area contributed by atoms with E-state index in [0.29, 0.717) is 23.7 Å². The van der Waals surface area contributed by atoms with Gasteiger partial charge in [-0.1, -0.05) is 11.8 Å². The second kappa shape index (κ2) is 8.03. The van der Waals surface area contributed by atoms with Crippen molar-refractivity contribution in [3.05, 3.63) is 21.8 Å². The van der Waals surface area contributed by atoms with Crippen LogP contribution in [-0.2, 0) is 24.2 Å². The first-order valence-corrected chi connectivity index (χ1v) is 11.4. The van der Waals surface area contributed by atoms with Crippen molar-refractivity contribution in [2.24, 2.45) is 0 Å². The normalized spacial score (nSPS) is 16.0. The maximum atomic E-state index is 12.4. The molecular weight excluding hydrogens is 378 g/mol. The Balaban J connectivity index is 1.34. The molecule has 1 saturated carbocycles. The van der Waals surface area contributed by atoms with Crippen molar-refractivity contribution in [1.82, 2.24) is 14.8 Å². The first kappa shape index (κ1) is 18.5. The summed E-state index contributed by atoms with van der Waals surface area (Å²) in [4.78, 5) is 13.7. The predicted octanol–water partition coefficient (Wildman–Crippen LogP) is 4.11. The molecule has 6 nitrogen and oxygen atoms in total. The molecular formula is C19H23N5OS2. The lowest BCUT2D eigenvalue weighted by atomic mass is 9.96. The van der Waals surface area contributed by atoms with Crippen LogP contribution in [0.3, 0.4) is 0 Å². The Kier molecular flexibility index (Phi) is 5.50. The van der Waals surface area contributed by atoms with Crippen molar-refractivity contribution in [3.8, 4) is 6.07 Å². The molecule has 2 aliphatic rings. The minimum Gasteiger partial charge on any atom is -0.317 e. The quantitative estimate of drug-likeness (QED) is 0.706. The van der Waals surface area contributed by atoms with E-state index in [1.54, 1.807) is 23.1 Å². The molecule has 2 aromatic heterocycles. The van der Waals surface area contributed by atoms with Crippen LogP contribution in [0.2, 0.25) is 0 Å². The lowest BCUT2D eigenvalue weighted by Crippen LogP contribution is -2.12. The van der Waals surface area contributed by atoms with E-state index in [0.717, 1.165) is 47.4 Å². The van der Waals surface area contributed by atoms with E-state index < -0.39 is 0 Å². The minimum absolute atomic E-state index is 0.0393. The average molecular weight is 402 g/mol. The van der Waals surface area contributed by atoms with Crippen LogP contribution in [0, 0.1) is 11.3 Å². The molecule has 2 aromatic rings. The highest BCUT2D eigenvalue weighted by atomic mass is 32.2. The number of thioether (sulfide) groups is 1. The zero-order chi connectivity index (χ0) is 18.8. The van der Waals surface area contributed by atoms with Crippen LogP contribution in [-0.4, -0.2) is 26.4 Å². The molecule has 2 heterocycles. The molecule has 0 unspecified atom stereocenters. The first-order chi connectivity index (χ1) is 13.2. The molecule has 142 valence electrons. The van der Waals surface area contributed by atoms with E-state index in [1.807, 2.05) is 0 Å². The molecule has 0 spiro atoms. The topological polar surface area (TPSA) is 83.6 Å². The van der Waals surface area contributed by atoms with Crippen LogP contribution in [0.5, 0.6) is 0 Å². The molecule has 27 heavy (non-hydrogen) atoms. The van der Waals surface area contributed by atoms with Gasteiger partial charge in [-0.3, -0.25) is 4.79 Å². The van der Waals surface area contributed by atoms with Crippen LogP contribution in [0.25, 0.3) is 0 Å². The van der Waals surface area contributed by atoms with Gasteiger partial charge in [0, 0.05) is 29.5 Å². The number of carbonyl (C=O) groups excluding carboxylic acids is 1. The van der Waals surface area contributed by atoms with Gasteiger partial charge in [0.25, 0.3) is 0 Å². The van der Waals surface area contributed by atoms with Gasteiger partial charge in [0.15, 0.2) is 5.16 Å². The van der Waals surface area contributed by atoms with Crippen molar-refractivity contribution in [1.29, 1.82) is 5.26 Å². The van der Waals surface area contributed by atoms with Crippen LogP contribution in [0.4, 0.5) is 5.00 Å². The first-order valence-electron chi connectivity index (χ1n) is 9.61. The molecule has 1 fully saturated rings. The van der Waals surface area contributed by atoms with Gasteiger partial charge in [0.05, 0.1) is 5.56 Å². The summed E-state index contributed by atoms with van der Waals surface area (Å²) in [5.74, 6) is 2.28. The van der Waals surface area contributed by atoms with Crippen LogP contribution in [0.1, 0.15) is 66.8 Å². The van der Waals surface area contributed by atoms with Crippen LogP contribution in [0.15, 0.2) is 5.16 Å². The Morgan fingerprint density at radius 2 is 2.19 bits per heavy atom. The van der Waals surface area contributed by atoms with Gasteiger partial charge in [-0.2, -0.15) is 5.26 Å². The average Bonchev–Trinajstić information content (AvgIpc) is 3.34. The number of carbonyl (C=O) groups is 1. The fraction of sp³-hybridized carbons (Fsp3) is 0.579. The number of thiophene rings is 1. The van der Waals surface area contributed by atoms with E-state index in [4.69, 9.17) is 0 Å². The second-order valence-electron chi connectivity index (χ2n) is 7.03. The SMILES string of the molecule is CCn1c(SCCC(=O)Nc2sc3c(c2C#N)CCCC3)nnc1C1CC1. The Morgan fingerprint density at radius 1 is 1.37 bits per heavy atom. The van der Waals surface area contributed by atoms with Crippen molar-refractivity contribution in [2.45, 2.75) is 69.5 Å². The van der Waals surface area contributed by atoms with Gasteiger partial charge in [-0.25, -0.2) is 0 Å². The van der Waals surface area contributed by atoms with Crippen molar-refractivity contribution in [3.63, 3.8) is 0 Å². The standard InChI is InChI=1S/C19H23N5OS2/c1-2-24-17(12-7-8-12)22-23-19(24)26-10-9-16(25)21-18-14(11-20)13-5-3-4-6-15(13)27-18/h12H,2-10H2,1H3,(H,21,25). The molecule has 8 heteroatoms.